The van der Waals surface area contributed by atoms with Crippen LogP contribution in [0, 0.1) is 6.92 Å². The van der Waals surface area contributed by atoms with Crippen molar-refractivity contribution < 1.29 is 32.7 Å². The molecule has 0 heterocycles. The second kappa shape index (κ2) is 17.1. The van der Waals surface area contributed by atoms with Crippen molar-refractivity contribution in [1.29, 1.82) is 0 Å². The van der Waals surface area contributed by atoms with Gasteiger partial charge in [0.05, 0.1) is 0 Å². The molecule has 0 aromatic carbocycles. The fourth-order valence-electron chi connectivity index (χ4n) is 1.99. The van der Waals surface area contributed by atoms with Gasteiger partial charge in [0.15, 0.2) is 0 Å². The first kappa shape index (κ1) is 20.4. The normalized spacial score (nSPS) is 10.6. The van der Waals surface area contributed by atoms with Gasteiger partial charge in [0.2, 0.25) is 0 Å². The molecular weight excluding hydrogens is 283 g/mol. The molecule has 0 atom stereocenters. The van der Waals surface area contributed by atoms with E-state index in [-0.39, 0.29) is 32.7 Å². The quantitative estimate of drug-likeness (QED) is 0.374. The van der Waals surface area contributed by atoms with Crippen molar-refractivity contribution in [1.82, 2.24) is 4.90 Å². The van der Waals surface area contributed by atoms with E-state index in [9.17, 15) is 0 Å². The van der Waals surface area contributed by atoms with Crippen molar-refractivity contribution in [2.45, 2.75) is 71.6 Å². The molecule has 0 aromatic rings. The number of nitrogens with zero attached hydrogens (tertiary/aromatic N) is 1. The van der Waals surface area contributed by atoms with Gasteiger partial charge in [-0.05, 0) is 38.9 Å². The van der Waals surface area contributed by atoms with E-state index < -0.39 is 0 Å². The molecule has 2 heteroatoms. The van der Waals surface area contributed by atoms with E-state index in [4.69, 9.17) is 0 Å². The molecule has 0 rings (SSSR count). The Labute approximate surface area is 135 Å². The number of hydrogen-bond donors (Lipinski definition) is 0. The van der Waals surface area contributed by atoms with E-state index >= 15 is 0 Å². The van der Waals surface area contributed by atoms with Crippen molar-refractivity contribution in [3.8, 4) is 0 Å². The van der Waals surface area contributed by atoms with Crippen molar-refractivity contribution in [3.05, 3.63) is 6.92 Å². The first-order chi connectivity index (χ1) is 7.85. The Morgan fingerprint density at radius 2 is 1.24 bits per heavy atom. The summed E-state index contributed by atoms with van der Waals surface area (Å²) in [6, 6.07) is 0. The zero-order valence-corrected chi connectivity index (χ0v) is 15.1. The van der Waals surface area contributed by atoms with Gasteiger partial charge in [-0.25, -0.2) is 0 Å². The van der Waals surface area contributed by atoms with Crippen LogP contribution in [0.5, 0.6) is 0 Å². The van der Waals surface area contributed by atoms with Gasteiger partial charge in [-0.15, -0.1) is 0 Å². The third kappa shape index (κ3) is 15.0. The van der Waals surface area contributed by atoms with Crippen LogP contribution in [0.3, 0.4) is 0 Å². The van der Waals surface area contributed by atoms with Gasteiger partial charge in [0.1, 0.15) is 0 Å². The fraction of sp³-hybridized carbons (Fsp3) is 0.933. The molecule has 0 N–H and O–H groups in total. The second-order valence-corrected chi connectivity index (χ2v) is 4.82. The predicted octanol–water partition coefficient (Wildman–Crippen LogP) is 4.67. The Hall–Kier alpha value is 1.06. The average Bonchev–Trinajstić information content (AvgIpc) is 2.31. The molecule has 0 fully saturated rings. The maximum absolute atomic E-state index is 3.91. The predicted molar refractivity (Wildman–Crippen MR) is 74.7 cm³/mol. The second-order valence-electron chi connectivity index (χ2n) is 4.82. The van der Waals surface area contributed by atoms with Crippen LogP contribution < -0.4 is 0 Å². The van der Waals surface area contributed by atoms with Gasteiger partial charge in [0, 0.05) is 32.7 Å². The van der Waals surface area contributed by atoms with Crippen LogP contribution in [-0.4, -0.2) is 24.5 Å². The Bertz CT molecular complexity index is 128. The van der Waals surface area contributed by atoms with Crippen LogP contribution in [0.4, 0.5) is 0 Å². The molecule has 17 heavy (non-hydrogen) atoms. The topological polar surface area (TPSA) is 3.24 Å². The molecule has 1 nitrogen and oxygen atoms in total. The SMILES string of the molecule is [CH2-]CCCCN(CCCC)CCCCCC.[Y]. The summed E-state index contributed by atoms with van der Waals surface area (Å²) < 4.78 is 0. The summed E-state index contributed by atoms with van der Waals surface area (Å²) in [7, 11) is 0. The summed E-state index contributed by atoms with van der Waals surface area (Å²) in [6.07, 6.45) is 11.9. The summed E-state index contributed by atoms with van der Waals surface area (Å²) in [6.45, 7) is 12.4. The van der Waals surface area contributed by atoms with E-state index in [1.807, 2.05) is 0 Å². The van der Waals surface area contributed by atoms with Gasteiger partial charge in [-0.2, -0.15) is 6.42 Å². The summed E-state index contributed by atoms with van der Waals surface area (Å²) in [5, 5.41) is 0. The first-order valence-corrected chi connectivity index (χ1v) is 7.36. The standard InChI is InChI=1S/C15H32N.Y/c1-4-7-10-12-15-16(13-9-6-3)14-11-8-5-2;/h2,4-15H2,1,3H3;/q-1;. The molecule has 0 aliphatic carbocycles. The molecule has 0 unspecified atom stereocenters. The molecular formula is C15H32NY-. The largest absolute Gasteiger partial charge is 0.343 e. The molecule has 0 amide bonds. The van der Waals surface area contributed by atoms with Crippen LogP contribution >= 0.6 is 0 Å². The molecule has 0 saturated carbocycles. The third-order valence-electron chi connectivity index (χ3n) is 3.13. The summed E-state index contributed by atoms with van der Waals surface area (Å²) in [4.78, 5) is 2.66. The van der Waals surface area contributed by atoms with Gasteiger partial charge in [0.25, 0.3) is 0 Å². The van der Waals surface area contributed by atoms with Crippen molar-refractivity contribution >= 4 is 0 Å². The first-order valence-electron chi connectivity index (χ1n) is 7.36. The van der Waals surface area contributed by atoms with Crippen molar-refractivity contribution in [2.24, 2.45) is 0 Å². The van der Waals surface area contributed by atoms with Crippen LogP contribution in [0.2, 0.25) is 0 Å². The van der Waals surface area contributed by atoms with E-state index in [0.29, 0.717) is 0 Å². The van der Waals surface area contributed by atoms with E-state index in [1.165, 1.54) is 71.0 Å². The summed E-state index contributed by atoms with van der Waals surface area (Å²) in [5.41, 5.74) is 0. The van der Waals surface area contributed by atoms with Gasteiger partial charge in [-0.1, -0.05) is 46.0 Å². The molecule has 0 aliphatic heterocycles. The fourth-order valence-corrected chi connectivity index (χ4v) is 1.99. The zero-order valence-electron chi connectivity index (χ0n) is 12.2. The third-order valence-corrected chi connectivity index (χ3v) is 3.13. The van der Waals surface area contributed by atoms with Crippen molar-refractivity contribution in [2.75, 3.05) is 19.6 Å². The minimum Gasteiger partial charge on any atom is -0.343 e. The van der Waals surface area contributed by atoms with E-state index in [2.05, 4.69) is 25.7 Å². The van der Waals surface area contributed by atoms with Crippen LogP contribution in [-0.2, 0) is 32.7 Å². The minimum absolute atomic E-state index is 0. The Kier molecular flexibility index (Phi) is 20.5. The minimum atomic E-state index is 0. The van der Waals surface area contributed by atoms with Gasteiger partial charge < -0.3 is 11.8 Å². The van der Waals surface area contributed by atoms with Gasteiger partial charge in [-0.3, -0.25) is 0 Å². The van der Waals surface area contributed by atoms with E-state index in [0.717, 1.165) is 6.42 Å². The molecule has 0 bridgehead atoms. The summed E-state index contributed by atoms with van der Waals surface area (Å²) >= 11 is 0. The van der Waals surface area contributed by atoms with Crippen LogP contribution in [0.25, 0.3) is 0 Å². The van der Waals surface area contributed by atoms with Crippen LogP contribution in [0.1, 0.15) is 71.6 Å². The molecule has 0 aliphatic rings. The van der Waals surface area contributed by atoms with Gasteiger partial charge >= 0.3 is 0 Å². The number of unbranched alkanes of at least 4 members (excludes halogenated alkanes) is 6. The Morgan fingerprint density at radius 1 is 0.706 bits per heavy atom. The summed E-state index contributed by atoms with van der Waals surface area (Å²) in [5.74, 6) is 0. The number of hydrogen-bond acceptors (Lipinski definition) is 1. The average molecular weight is 315 g/mol. The van der Waals surface area contributed by atoms with E-state index in [1.54, 1.807) is 0 Å². The molecule has 0 spiro atoms. The molecule has 0 saturated heterocycles. The zero-order chi connectivity index (χ0) is 12.1. The van der Waals surface area contributed by atoms with Crippen molar-refractivity contribution in [3.63, 3.8) is 0 Å². The maximum atomic E-state index is 3.91. The molecule has 101 valence electrons. The number of rotatable bonds is 12. The maximum Gasteiger partial charge on any atom is 0 e. The Morgan fingerprint density at radius 3 is 1.76 bits per heavy atom. The van der Waals surface area contributed by atoms with Crippen LogP contribution in [0.15, 0.2) is 0 Å². The Balaban J connectivity index is 0. The monoisotopic (exact) mass is 315 g/mol. The molecule has 0 aromatic heterocycles. The molecule has 1 radical (unpaired) electrons. The smallest absolute Gasteiger partial charge is 0 e.